The minimum Gasteiger partial charge on any atom is -0.302 e. The van der Waals surface area contributed by atoms with Crippen molar-refractivity contribution in [3.63, 3.8) is 0 Å². The second kappa shape index (κ2) is 5.70. The Morgan fingerprint density at radius 3 is 2.89 bits per heavy atom. The van der Waals surface area contributed by atoms with Gasteiger partial charge in [0, 0.05) is 27.6 Å². The minimum absolute atomic E-state index is 0.143. The van der Waals surface area contributed by atoms with Crippen molar-refractivity contribution in [1.29, 1.82) is 0 Å². The summed E-state index contributed by atoms with van der Waals surface area (Å²) >= 11 is 11.2. The summed E-state index contributed by atoms with van der Waals surface area (Å²) in [5.74, 6) is 0. The predicted molar refractivity (Wildman–Crippen MR) is 81.1 cm³/mol. The lowest BCUT2D eigenvalue weighted by atomic mass is 10.1. The number of thiazole rings is 1. The van der Waals surface area contributed by atoms with E-state index in [0.29, 0.717) is 0 Å². The Morgan fingerprint density at radius 2 is 2.22 bits per heavy atom. The monoisotopic (exact) mass is 344 g/mol. The van der Waals surface area contributed by atoms with Crippen LogP contribution < -0.4 is 5.32 Å². The van der Waals surface area contributed by atoms with E-state index in [9.17, 15) is 0 Å². The van der Waals surface area contributed by atoms with Gasteiger partial charge in [-0.05, 0) is 37.6 Å². The third-order valence-electron chi connectivity index (χ3n) is 2.70. The molecule has 0 amide bonds. The van der Waals surface area contributed by atoms with E-state index in [2.05, 4.69) is 40.1 Å². The van der Waals surface area contributed by atoms with Crippen LogP contribution in [0.5, 0.6) is 0 Å². The van der Waals surface area contributed by atoms with E-state index in [1.54, 1.807) is 11.3 Å². The maximum Gasteiger partial charge on any atom is 0.112 e. The van der Waals surface area contributed by atoms with Gasteiger partial charge in [-0.15, -0.1) is 11.3 Å². The highest BCUT2D eigenvalue weighted by molar-refractivity contribution is 9.10. The molecule has 2 nitrogen and oxygen atoms in total. The molecule has 0 unspecified atom stereocenters. The summed E-state index contributed by atoms with van der Waals surface area (Å²) in [6, 6.07) is 5.81. The Bertz CT molecular complexity index is 526. The molecule has 0 aliphatic heterocycles. The van der Waals surface area contributed by atoms with Crippen molar-refractivity contribution < 1.29 is 0 Å². The van der Waals surface area contributed by atoms with Crippen molar-refractivity contribution in [2.75, 3.05) is 0 Å². The molecule has 2 aromatic rings. The summed E-state index contributed by atoms with van der Waals surface area (Å²) in [6.45, 7) is 5.00. The van der Waals surface area contributed by atoms with Gasteiger partial charge in [0.15, 0.2) is 0 Å². The molecule has 0 bridgehead atoms. The van der Waals surface area contributed by atoms with Crippen LogP contribution in [-0.2, 0) is 12.1 Å². The number of nitrogens with one attached hydrogen (secondary N) is 1. The molecule has 0 saturated heterocycles. The molecule has 0 atom stereocenters. The van der Waals surface area contributed by atoms with Crippen LogP contribution in [0.4, 0.5) is 0 Å². The first-order valence-electron chi connectivity index (χ1n) is 5.58. The van der Waals surface area contributed by atoms with Crippen LogP contribution in [0.1, 0.15) is 24.4 Å². The predicted octanol–water partition coefficient (Wildman–Crippen LogP) is 4.58. The fourth-order valence-corrected chi connectivity index (χ4v) is 2.92. The quantitative estimate of drug-likeness (QED) is 0.877. The fraction of sp³-hybridized carbons (Fsp3) is 0.308. The van der Waals surface area contributed by atoms with Crippen molar-refractivity contribution in [2.24, 2.45) is 0 Å². The largest absolute Gasteiger partial charge is 0.302 e. The second-order valence-corrected chi connectivity index (χ2v) is 6.74. The highest BCUT2D eigenvalue weighted by Gasteiger charge is 2.22. The van der Waals surface area contributed by atoms with Crippen LogP contribution in [-0.4, -0.2) is 4.98 Å². The maximum atomic E-state index is 6.01. The SMILES string of the molecule is CC(C)(NCc1cc(Cl)ccc1Br)c1nccs1. The van der Waals surface area contributed by atoms with Crippen molar-refractivity contribution in [2.45, 2.75) is 25.9 Å². The molecule has 0 spiro atoms. The molecule has 0 aliphatic rings. The fourth-order valence-electron chi connectivity index (χ4n) is 1.60. The third kappa shape index (κ3) is 3.32. The summed E-state index contributed by atoms with van der Waals surface area (Å²) in [5, 5.41) is 7.33. The number of halogens is 2. The van der Waals surface area contributed by atoms with Gasteiger partial charge in [0.25, 0.3) is 0 Å². The average molecular weight is 346 g/mol. The molecule has 0 saturated carbocycles. The van der Waals surface area contributed by atoms with E-state index in [4.69, 9.17) is 11.6 Å². The van der Waals surface area contributed by atoms with Gasteiger partial charge in [-0.1, -0.05) is 27.5 Å². The zero-order valence-electron chi connectivity index (χ0n) is 10.2. The average Bonchev–Trinajstić information content (AvgIpc) is 2.85. The molecule has 1 heterocycles. The van der Waals surface area contributed by atoms with Crippen LogP contribution in [0, 0.1) is 0 Å². The number of nitrogens with zero attached hydrogens (tertiary/aromatic N) is 1. The first-order chi connectivity index (χ1) is 8.49. The number of rotatable bonds is 4. The number of aromatic nitrogens is 1. The second-order valence-electron chi connectivity index (χ2n) is 4.55. The van der Waals surface area contributed by atoms with Crippen LogP contribution in [0.15, 0.2) is 34.2 Å². The van der Waals surface area contributed by atoms with E-state index < -0.39 is 0 Å². The lowest BCUT2D eigenvalue weighted by Gasteiger charge is -2.24. The summed E-state index contributed by atoms with van der Waals surface area (Å²) in [7, 11) is 0. The molecule has 1 aromatic carbocycles. The smallest absolute Gasteiger partial charge is 0.112 e. The minimum atomic E-state index is -0.143. The van der Waals surface area contributed by atoms with Crippen molar-refractivity contribution >= 4 is 38.9 Å². The van der Waals surface area contributed by atoms with Crippen LogP contribution in [0.25, 0.3) is 0 Å². The lowest BCUT2D eigenvalue weighted by molar-refractivity contribution is 0.399. The normalized spacial score (nSPS) is 11.8. The highest BCUT2D eigenvalue weighted by atomic mass is 79.9. The zero-order valence-corrected chi connectivity index (χ0v) is 13.4. The Kier molecular flexibility index (Phi) is 4.43. The molecule has 0 fully saturated rings. The van der Waals surface area contributed by atoms with Crippen molar-refractivity contribution in [3.05, 3.63) is 49.8 Å². The van der Waals surface area contributed by atoms with Crippen molar-refractivity contribution in [1.82, 2.24) is 10.3 Å². The maximum absolute atomic E-state index is 6.01. The Hall–Kier alpha value is -0.420. The summed E-state index contributed by atoms with van der Waals surface area (Å²) in [4.78, 5) is 4.36. The summed E-state index contributed by atoms with van der Waals surface area (Å²) in [6.07, 6.45) is 1.83. The Labute approximate surface area is 125 Å². The van der Waals surface area contributed by atoms with Gasteiger partial charge in [-0.3, -0.25) is 0 Å². The van der Waals surface area contributed by atoms with Gasteiger partial charge in [-0.2, -0.15) is 0 Å². The molecule has 1 aromatic heterocycles. The molecule has 0 radical (unpaired) electrons. The molecule has 0 aliphatic carbocycles. The first-order valence-corrected chi connectivity index (χ1v) is 7.63. The van der Waals surface area contributed by atoms with Gasteiger partial charge < -0.3 is 5.32 Å². The van der Waals surface area contributed by atoms with E-state index in [-0.39, 0.29) is 5.54 Å². The van der Waals surface area contributed by atoms with Crippen LogP contribution >= 0.6 is 38.9 Å². The van der Waals surface area contributed by atoms with Crippen LogP contribution in [0.2, 0.25) is 5.02 Å². The van der Waals surface area contributed by atoms with Gasteiger partial charge >= 0.3 is 0 Å². The highest BCUT2D eigenvalue weighted by Crippen LogP contribution is 2.25. The molecule has 2 rings (SSSR count). The number of benzene rings is 1. The topological polar surface area (TPSA) is 24.9 Å². The van der Waals surface area contributed by atoms with E-state index in [0.717, 1.165) is 26.6 Å². The third-order valence-corrected chi connectivity index (χ3v) is 4.80. The molecule has 1 N–H and O–H groups in total. The van der Waals surface area contributed by atoms with E-state index in [1.807, 2.05) is 29.8 Å². The van der Waals surface area contributed by atoms with Gasteiger partial charge in [0.2, 0.25) is 0 Å². The van der Waals surface area contributed by atoms with Crippen LogP contribution in [0.3, 0.4) is 0 Å². The summed E-state index contributed by atoms with van der Waals surface area (Å²) < 4.78 is 1.06. The molecule has 96 valence electrons. The Balaban J connectivity index is 2.09. The molecular formula is C13H14BrClN2S. The van der Waals surface area contributed by atoms with E-state index in [1.165, 1.54) is 0 Å². The lowest BCUT2D eigenvalue weighted by Crippen LogP contribution is -2.35. The van der Waals surface area contributed by atoms with Gasteiger partial charge in [0.1, 0.15) is 5.01 Å². The molecular weight excluding hydrogens is 332 g/mol. The zero-order chi connectivity index (χ0) is 13.2. The molecule has 18 heavy (non-hydrogen) atoms. The summed E-state index contributed by atoms with van der Waals surface area (Å²) in [5.41, 5.74) is 1.00. The van der Waals surface area contributed by atoms with Gasteiger partial charge in [-0.25, -0.2) is 4.98 Å². The molecule has 5 heteroatoms. The van der Waals surface area contributed by atoms with E-state index >= 15 is 0 Å². The Morgan fingerprint density at radius 1 is 1.44 bits per heavy atom. The first kappa shape index (κ1) is 14.0. The van der Waals surface area contributed by atoms with Gasteiger partial charge in [0.05, 0.1) is 5.54 Å². The number of hydrogen-bond donors (Lipinski definition) is 1. The number of hydrogen-bond acceptors (Lipinski definition) is 3. The van der Waals surface area contributed by atoms with Crippen molar-refractivity contribution in [3.8, 4) is 0 Å². The standard InChI is InChI=1S/C13H14BrClN2S/c1-13(2,12-16-5-6-18-12)17-8-9-7-10(15)3-4-11(9)14/h3-7,17H,8H2,1-2H3.